The van der Waals surface area contributed by atoms with Crippen LogP contribution in [0.5, 0.6) is 0 Å². The van der Waals surface area contributed by atoms with Gasteiger partial charge in [0.1, 0.15) is 6.20 Å². The van der Waals surface area contributed by atoms with Crippen molar-refractivity contribution in [3.8, 4) is 0 Å². The van der Waals surface area contributed by atoms with Crippen LogP contribution in [-0.4, -0.2) is 51.6 Å². The van der Waals surface area contributed by atoms with Crippen LogP contribution < -0.4 is 5.32 Å². The summed E-state index contributed by atoms with van der Waals surface area (Å²) in [6.45, 7) is 2.53. The molecule has 19 heavy (non-hydrogen) atoms. The molecule has 0 bridgehead atoms. The first kappa shape index (κ1) is 13.4. The zero-order chi connectivity index (χ0) is 13.8. The molecule has 1 aliphatic rings. The maximum absolute atomic E-state index is 10.8. The average Bonchev–Trinajstić information content (AvgIpc) is 2.82. The second-order valence-electron chi connectivity index (χ2n) is 4.17. The summed E-state index contributed by atoms with van der Waals surface area (Å²) in [6, 6.07) is 0. The molecular weight excluding hydrogens is 256 g/mol. The molecule has 1 fully saturated rings. The quantitative estimate of drug-likeness (QED) is 0.564. The van der Waals surface area contributed by atoms with Crippen molar-refractivity contribution in [1.29, 1.82) is 0 Å². The molecule has 2 rings (SSSR count). The lowest BCUT2D eigenvalue weighted by atomic mass is 10.2. The molecule has 0 spiro atoms. The number of morpholine rings is 1. The van der Waals surface area contributed by atoms with E-state index >= 15 is 0 Å². The summed E-state index contributed by atoms with van der Waals surface area (Å²) >= 11 is 0. The Kier molecular flexibility index (Phi) is 4.07. The molecule has 0 aromatic carbocycles. The number of aromatic nitrogens is 2. The highest BCUT2D eigenvalue weighted by molar-refractivity contribution is 5.89. The fraction of sp³-hybridized carbons (Fsp3) is 0.600. The molecule has 2 heterocycles. The summed E-state index contributed by atoms with van der Waals surface area (Å²) in [5.41, 5.74) is -1.03. The van der Waals surface area contributed by atoms with Crippen molar-refractivity contribution < 1.29 is 19.6 Å². The van der Waals surface area contributed by atoms with Crippen LogP contribution in [0.25, 0.3) is 0 Å². The number of ether oxygens (including phenoxy) is 1. The first-order valence-corrected chi connectivity index (χ1v) is 5.85. The Balaban J connectivity index is 2.02. The minimum absolute atomic E-state index is 0.0188. The lowest BCUT2D eigenvalue weighted by molar-refractivity contribution is -0.385. The van der Waals surface area contributed by atoms with Crippen LogP contribution in [0.15, 0.2) is 6.20 Å². The Hall–Kier alpha value is -2.00. The van der Waals surface area contributed by atoms with Crippen molar-refractivity contribution in [2.75, 3.05) is 19.7 Å². The smallest absolute Gasteiger partial charge is 0.363 e. The van der Waals surface area contributed by atoms with E-state index in [9.17, 15) is 14.9 Å². The fourth-order valence-electron chi connectivity index (χ4n) is 1.89. The van der Waals surface area contributed by atoms with E-state index in [-0.39, 0.29) is 6.10 Å². The lowest BCUT2D eigenvalue weighted by Crippen LogP contribution is -2.38. The van der Waals surface area contributed by atoms with Crippen LogP contribution in [0.4, 0.5) is 5.69 Å². The number of rotatable bonds is 5. The monoisotopic (exact) mass is 270 g/mol. The Labute approximate surface area is 108 Å². The van der Waals surface area contributed by atoms with Gasteiger partial charge in [0.25, 0.3) is 0 Å². The third-order valence-corrected chi connectivity index (χ3v) is 2.83. The Bertz CT molecular complexity index is 449. The van der Waals surface area contributed by atoms with Crippen LogP contribution in [0.2, 0.25) is 0 Å². The van der Waals surface area contributed by atoms with Gasteiger partial charge in [0.15, 0.2) is 0 Å². The van der Waals surface area contributed by atoms with Crippen LogP contribution >= 0.6 is 0 Å². The molecule has 1 aromatic heterocycles. The summed E-state index contributed by atoms with van der Waals surface area (Å²) in [6.07, 6.45) is 1.77. The number of hydrogen-bond acceptors (Lipinski definition) is 6. The van der Waals surface area contributed by atoms with Crippen LogP contribution in [0.3, 0.4) is 0 Å². The van der Waals surface area contributed by atoms with Crippen LogP contribution in [-0.2, 0) is 11.3 Å². The SMILES string of the molecule is O=C(O)c1nn(CCC2CNCCO2)cc1[N+](=O)[O-]. The van der Waals surface area contributed by atoms with Gasteiger partial charge in [0.05, 0.1) is 17.6 Å². The molecule has 9 heteroatoms. The maximum atomic E-state index is 10.8. The molecule has 9 nitrogen and oxygen atoms in total. The van der Waals surface area contributed by atoms with E-state index in [1.165, 1.54) is 4.68 Å². The number of carboxylic acid groups (broad SMARTS) is 1. The van der Waals surface area contributed by atoms with E-state index in [2.05, 4.69) is 10.4 Å². The molecule has 1 saturated heterocycles. The molecule has 1 aliphatic heterocycles. The average molecular weight is 270 g/mol. The fourth-order valence-corrected chi connectivity index (χ4v) is 1.89. The zero-order valence-electron chi connectivity index (χ0n) is 10.1. The highest BCUT2D eigenvalue weighted by Crippen LogP contribution is 2.17. The van der Waals surface area contributed by atoms with Gasteiger partial charge in [-0.15, -0.1) is 0 Å². The van der Waals surface area contributed by atoms with Gasteiger partial charge < -0.3 is 15.2 Å². The van der Waals surface area contributed by atoms with Crippen molar-refractivity contribution in [3.05, 3.63) is 22.0 Å². The van der Waals surface area contributed by atoms with Gasteiger partial charge in [0.2, 0.25) is 5.69 Å². The minimum Gasteiger partial charge on any atom is -0.476 e. The van der Waals surface area contributed by atoms with Gasteiger partial charge in [-0.25, -0.2) is 4.79 Å². The Morgan fingerprint density at radius 3 is 3.05 bits per heavy atom. The first-order chi connectivity index (χ1) is 9.08. The lowest BCUT2D eigenvalue weighted by Gasteiger charge is -2.23. The number of nitrogens with one attached hydrogen (secondary N) is 1. The van der Waals surface area contributed by atoms with Gasteiger partial charge in [-0.1, -0.05) is 0 Å². The van der Waals surface area contributed by atoms with Crippen molar-refractivity contribution >= 4 is 11.7 Å². The van der Waals surface area contributed by atoms with E-state index < -0.39 is 22.3 Å². The number of carbonyl (C=O) groups is 1. The second-order valence-corrected chi connectivity index (χ2v) is 4.17. The normalized spacial score (nSPS) is 19.3. The second kappa shape index (κ2) is 5.76. The summed E-state index contributed by atoms with van der Waals surface area (Å²) in [5, 5.41) is 26.4. The predicted octanol–water partition coefficient (Wildman–Crippen LogP) is -0.132. The highest BCUT2D eigenvalue weighted by Gasteiger charge is 2.25. The first-order valence-electron chi connectivity index (χ1n) is 5.85. The highest BCUT2D eigenvalue weighted by atomic mass is 16.6. The Morgan fingerprint density at radius 2 is 2.53 bits per heavy atom. The number of aromatic carboxylic acids is 1. The Morgan fingerprint density at radius 1 is 1.74 bits per heavy atom. The van der Waals surface area contributed by atoms with Gasteiger partial charge in [-0.05, 0) is 6.42 Å². The molecule has 1 unspecified atom stereocenters. The summed E-state index contributed by atoms with van der Waals surface area (Å²) < 4.78 is 6.76. The van der Waals surface area contributed by atoms with E-state index in [0.29, 0.717) is 19.6 Å². The molecule has 1 atom stereocenters. The van der Waals surface area contributed by atoms with Crippen molar-refractivity contribution in [3.63, 3.8) is 0 Å². The molecule has 0 aliphatic carbocycles. The number of carboxylic acids is 1. The predicted molar refractivity (Wildman–Crippen MR) is 63.1 cm³/mol. The number of nitrogens with zero attached hydrogens (tertiary/aromatic N) is 3. The standard InChI is InChI=1S/C10H14N4O5/c15-10(16)9-8(14(17)18)6-13(12-9)3-1-7-5-11-2-4-19-7/h6-7,11H,1-5H2,(H,15,16). The van der Waals surface area contributed by atoms with Gasteiger partial charge in [-0.2, -0.15) is 5.10 Å². The third kappa shape index (κ3) is 3.26. The van der Waals surface area contributed by atoms with Crippen molar-refractivity contribution in [1.82, 2.24) is 15.1 Å². The van der Waals surface area contributed by atoms with Crippen LogP contribution in [0.1, 0.15) is 16.9 Å². The van der Waals surface area contributed by atoms with E-state index in [0.717, 1.165) is 19.3 Å². The zero-order valence-corrected chi connectivity index (χ0v) is 10.1. The van der Waals surface area contributed by atoms with Crippen molar-refractivity contribution in [2.45, 2.75) is 19.1 Å². The van der Waals surface area contributed by atoms with Gasteiger partial charge >= 0.3 is 11.7 Å². The largest absolute Gasteiger partial charge is 0.476 e. The van der Waals surface area contributed by atoms with Crippen LogP contribution in [0, 0.1) is 10.1 Å². The maximum Gasteiger partial charge on any atom is 0.363 e. The number of nitro groups is 1. The molecule has 2 N–H and O–H groups in total. The van der Waals surface area contributed by atoms with E-state index in [4.69, 9.17) is 9.84 Å². The van der Waals surface area contributed by atoms with Gasteiger partial charge in [-0.3, -0.25) is 14.8 Å². The van der Waals surface area contributed by atoms with Gasteiger partial charge in [0, 0.05) is 19.6 Å². The summed E-state index contributed by atoms with van der Waals surface area (Å²) in [7, 11) is 0. The number of hydrogen-bond donors (Lipinski definition) is 2. The van der Waals surface area contributed by atoms with E-state index in [1.807, 2.05) is 0 Å². The minimum atomic E-state index is -1.40. The summed E-state index contributed by atoms with van der Waals surface area (Å²) in [5.74, 6) is -1.40. The molecule has 1 aromatic rings. The topological polar surface area (TPSA) is 120 Å². The third-order valence-electron chi connectivity index (χ3n) is 2.83. The van der Waals surface area contributed by atoms with Crippen molar-refractivity contribution in [2.24, 2.45) is 0 Å². The molecule has 0 amide bonds. The van der Waals surface area contributed by atoms with E-state index in [1.54, 1.807) is 0 Å². The molecule has 0 radical (unpaired) electrons. The molecular formula is C10H14N4O5. The molecule has 104 valence electrons. The summed E-state index contributed by atoms with van der Waals surface area (Å²) in [4.78, 5) is 20.8. The molecule has 0 saturated carbocycles. The number of aryl methyl sites for hydroxylation is 1.